The molecule has 8 heteroatoms. The molecule has 0 aromatic carbocycles. The summed E-state index contributed by atoms with van der Waals surface area (Å²) >= 11 is 0. The van der Waals surface area contributed by atoms with Crippen LogP contribution in [0.1, 0.15) is 25.7 Å². The number of hydrogen-bond acceptors (Lipinski definition) is 5. The van der Waals surface area contributed by atoms with Gasteiger partial charge in [0.2, 0.25) is 0 Å². The summed E-state index contributed by atoms with van der Waals surface area (Å²) in [6.45, 7) is 2.79. The summed E-state index contributed by atoms with van der Waals surface area (Å²) in [5, 5.41) is 12.7. The van der Waals surface area contributed by atoms with Gasteiger partial charge in [-0.25, -0.2) is 4.79 Å². The Morgan fingerprint density at radius 2 is 2.20 bits per heavy atom. The van der Waals surface area contributed by atoms with Crippen molar-refractivity contribution in [2.75, 3.05) is 46.6 Å². The van der Waals surface area contributed by atoms with Crippen molar-refractivity contribution in [2.24, 2.45) is 11.3 Å². The summed E-state index contributed by atoms with van der Waals surface area (Å²) in [7, 11) is 1.61. The third kappa shape index (κ3) is 3.75. The lowest BCUT2D eigenvalue weighted by molar-refractivity contribution is -0.149. The lowest BCUT2D eigenvalue weighted by atomic mass is 9.81. The molecule has 2 amide bonds. The van der Waals surface area contributed by atoms with Crippen LogP contribution in [0.5, 0.6) is 0 Å². The zero-order valence-corrected chi connectivity index (χ0v) is 14.7. The molecular formula is C17H28N2O6. The molecule has 0 aromatic heterocycles. The van der Waals surface area contributed by atoms with E-state index in [-0.39, 0.29) is 24.1 Å². The van der Waals surface area contributed by atoms with Gasteiger partial charge in [-0.2, -0.15) is 0 Å². The van der Waals surface area contributed by atoms with Crippen LogP contribution in [0.15, 0.2) is 0 Å². The monoisotopic (exact) mass is 356 g/mol. The van der Waals surface area contributed by atoms with Crippen LogP contribution in [0.4, 0.5) is 4.79 Å². The van der Waals surface area contributed by atoms with Crippen molar-refractivity contribution in [3.05, 3.63) is 0 Å². The predicted molar refractivity (Wildman–Crippen MR) is 88.4 cm³/mol. The number of nitrogens with zero attached hydrogens (tertiary/aromatic N) is 1. The second-order valence-corrected chi connectivity index (χ2v) is 7.25. The molecule has 2 unspecified atom stereocenters. The topological polar surface area (TPSA) is 97.3 Å². The number of carboxylic acid groups (broad SMARTS) is 1. The zero-order chi connectivity index (χ0) is 17.9. The van der Waals surface area contributed by atoms with E-state index in [1.807, 2.05) is 0 Å². The maximum absolute atomic E-state index is 12.7. The van der Waals surface area contributed by atoms with Crippen molar-refractivity contribution >= 4 is 12.0 Å². The summed E-state index contributed by atoms with van der Waals surface area (Å²) in [6, 6.07) is -0.318. The van der Waals surface area contributed by atoms with Gasteiger partial charge in [0.05, 0.1) is 31.3 Å². The van der Waals surface area contributed by atoms with Crippen molar-refractivity contribution in [3.8, 4) is 0 Å². The lowest BCUT2D eigenvalue weighted by Gasteiger charge is -2.33. The molecule has 4 atom stereocenters. The molecule has 2 aliphatic heterocycles. The number of carboxylic acids is 1. The molecule has 8 nitrogen and oxygen atoms in total. The molecule has 3 fully saturated rings. The SMILES string of the molecule is COCCOC1COCCC1NC(=O)N1C[C@@H]2CCC[C@@]2(C(=O)O)C1. The van der Waals surface area contributed by atoms with Crippen molar-refractivity contribution < 1.29 is 28.9 Å². The van der Waals surface area contributed by atoms with Crippen LogP contribution < -0.4 is 5.32 Å². The highest BCUT2D eigenvalue weighted by Crippen LogP contribution is 2.48. The molecule has 1 saturated carbocycles. The van der Waals surface area contributed by atoms with Crippen molar-refractivity contribution in [2.45, 2.75) is 37.8 Å². The van der Waals surface area contributed by atoms with Crippen molar-refractivity contribution in [1.29, 1.82) is 0 Å². The first-order chi connectivity index (χ1) is 12.1. The molecule has 25 heavy (non-hydrogen) atoms. The molecule has 2 saturated heterocycles. The average molecular weight is 356 g/mol. The molecule has 0 bridgehead atoms. The number of aliphatic carboxylic acids is 1. The Hall–Kier alpha value is -1.38. The summed E-state index contributed by atoms with van der Waals surface area (Å²) < 4.78 is 16.2. The van der Waals surface area contributed by atoms with E-state index in [0.29, 0.717) is 52.4 Å². The molecule has 0 radical (unpaired) electrons. The number of amides is 2. The highest BCUT2D eigenvalue weighted by atomic mass is 16.6. The number of likely N-dealkylation sites (tertiary alicyclic amines) is 1. The molecule has 0 spiro atoms. The molecule has 0 aromatic rings. The maximum atomic E-state index is 12.7. The van der Waals surface area contributed by atoms with Gasteiger partial charge in [-0.3, -0.25) is 4.79 Å². The second kappa shape index (κ2) is 7.88. The highest BCUT2D eigenvalue weighted by Gasteiger charge is 2.56. The van der Waals surface area contributed by atoms with Gasteiger partial charge < -0.3 is 29.5 Å². The summed E-state index contributed by atoms with van der Waals surface area (Å²) in [5.41, 5.74) is -0.749. The van der Waals surface area contributed by atoms with Crippen molar-refractivity contribution in [3.63, 3.8) is 0 Å². The van der Waals surface area contributed by atoms with E-state index in [0.717, 1.165) is 12.8 Å². The van der Waals surface area contributed by atoms with E-state index >= 15 is 0 Å². The minimum Gasteiger partial charge on any atom is -0.481 e. The first-order valence-electron chi connectivity index (χ1n) is 9.04. The fourth-order valence-corrected chi connectivity index (χ4v) is 4.37. The second-order valence-electron chi connectivity index (χ2n) is 7.25. The Kier molecular flexibility index (Phi) is 5.81. The highest BCUT2D eigenvalue weighted by molar-refractivity contribution is 5.80. The Morgan fingerprint density at radius 1 is 1.36 bits per heavy atom. The van der Waals surface area contributed by atoms with Crippen molar-refractivity contribution in [1.82, 2.24) is 10.2 Å². The first kappa shape index (κ1) is 18.4. The van der Waals surface area contributed by atoms with Gasteiger partial charge in [-0.1, -0.05) is 6.42 Å². The van der Waals surface area contributed by atoms with E-state index in [2.05, 4.69) is 5.32 Å². The van der Waals surface area contributed by atoms with E-state index < -0.39 is 11.4 Å². The van der Waals surface area contributed by atoms with Crippen LogP contribution in [-0.4, -0.2) is 80.8 Å². The van der Waals surface area contributed by atoms with E-state index in [4.69, 9.17) is 14.2 Å². The quantitative estimate of drug-likeness (QED) is 0.680. The Morgan fingerprint density at radius 3 is 2.92 bits per heavy atom. The Bertz CT molecular complexity index is 502. The zero-order valence-electron chi connectivity index (χ0n) is 14.7. The number of methoxy groups -OCH3 is 1. The molecule has 2 N–H and O–H groups in total. The van der Waals surface area contributed by atoms with Crippen LogP contribution >= 0.6 is 0 Å². The van der Waals surface area contributed by atoms with Crippen LogP contribution in [0, 0.1) is 11.3 Å². The van der Waals surface area contributed by atoms with Gasteiger partial charge in [-0.05, 0) is 25.2 Å². The number of urea groups is 1. The van der Waals surface area contributed by atoms with Crippen LogP contribution in [-0.2, 0) is 19.0 Å². The minimum absolute atomic E-state index is 0.0687. The largest absolute Gasteiger partial charge is 0.481 e. The van der Waals surface area contributed by atoms with Gasteiger partial charge in [0.15, 0.2) is 0 Å². The van der Waals surface area contributed by atoms with Gasteiger partial charge in [0, 0.05) is 26.8 Å². The number of nitrogens with one attached hydrogen (secondary N) is 1. The number of carbonyl (C=O) groups is 2. The summed E-state index contributed by atoms with van der Waals surface area (Å²) in [5.74, 6) is -0.698. The van der Waals surface area contributed by atoms with Crippen LogP contribution in [0.2, 0.25) is 0 Å². The fraction of sp³-hybridized carbons (Fsp3) is 0.882. The van der Waals surface area contributed by atoms with Crippen LogP contribution in [0.3, 0.4) is 0 Å². The first-order valence-corrected chi connectivity index (χ1v) is 9.04. The Labute approximate surface area is 147 Å². The fourth-order valence-electron chi connectivity index (χ4n) is 4.37. The van der Waals surface area contributed by atoms with Crippen LogP contribution in [0.25, 0.3) is 0 Å². The number of ether oxygens (including phenoxy) is 3. The predicted octanol–water partition coefficient (Wildman–Crippen LogP) is 0.703. The molecule has 3 aliphatic rings. The van der Waals surface area contributed by atoms with Gasteiger partial charge in [-0.15, -0.1) is 0 Å². The van der Waals surface area contributed by atoms with E-state index in [9.17, 15) is 14.7 Å². The molecular weight excluding hydrogens is 328 g/mol. The third-order valence-electron chi connectivity index (χ3n) is 5.82. The van der Waals surface area contributed by atoms with E-state index in [1.54, 1.807) is 12.0 Å². The van der Waals surface area contributed by atoms with Gasteiger partial charge in [0.25, 0.3) is 0 Å². The molecule has 142 valence electrons. The minimum atomic E-state index is -0.767. The lowest BCUT2D eigenvalue weighted by Crippen LogP contribution is -2.53. The normalized spacial score (nSPS) is 34.8. The smallest absolute Gasteiger partial charge is 0.317 e. The summed E-state index contributed by atoms with van der Waals surface area (Å²) in [4.78, 5) is 26.1. The van der Waals surface area contributed by atoms with Gasteiger partial charge >= 0.3 is 12.0 Å². The molecule has 3 rings (SSSR count). The standard InChI is InChI=1S/C17H28N2O6/c1-23-7-8-25-14-10-24-6-4-13(14)18-16(22)19-9-12-3-2-5-17(12,11-19)15(20)21/h12-14H,2-11H2,1H3,(H,18,22)(H,20,21)/t12-,13?,14?,17+/m0/s1. The van der Waals surface area contributed by atoms with Gasteiger partial charge in [0.1, 0.15) is 6.10 Å². The number of rotatable bonds is 6. The number of carbonyl (C=O) groups excluding carboxylic acids is 1. The third-order valence-corrected chi connectivity index (χ3v) is 5.82. The summed E-state index contributed by atoms with van der Waals surface area (Å²) in [6.07, 6.45) is 2.96. The number of fused-ring (bicyclic) bond motifs is 1. The molecule has 2 heterocycles. The number of hydrogen-bond donors (Lipinski definition) is 2. The maximum Gasteiger partial charge on any atom is 0.317 e. The van der Waals surface area contributed by atoms with E-state index in [1.165, 1.54) is 0 Å². The Balaban J connectivity index is 1.57. The average Bonchev–Trinajstić information content (AvgIpc) is 3.15. The molecule has 1 aliphatic carbocycles.